The number of alkyl halides is 3. The molecule has 3 N–H and O–H groups in total. The van der Waals surface area contributed by atoms with Crippen LogP contribution in [0.3, 0.4) is 0 Å². The van der Waals surface area contributed by atoms with Crippen LogP contribution in [0.2, 0.25) is 0 Å². The van der Waals surface area contributed by atoms with Crippen molar-refractivity contribution in [2.24, 2.45) is 0 Å². The fourth-order valence-electron chi connectivity index (χ4n) is 7.21. The summed E-state index contributed by atoms with van der Waals surface area (Å²) in [6.07, 6.45) is -1.42. The van der Waals surface area contributed by atoms with Crippen molar-refractivity contribution in [2.45, 2.75) is 19.3 Å². The number of nitrogens with one attached hydrogen (secondary N) is 2. The number of methoxy groups -OCH3 is 2. The van der Waals surface area contributed by atoms with Gasteiger partial charge in [-0.1, -0.05) is 6.07 Å². The zero-order valence-corrected chi connectivity index (χ0v) is 32.4. The van der Waals surface area contributed by atoms with Gasteiger partial charge in [-0.15, -0.1) is 13.2 Å². The number of aromatic nitrogens is 3. The molecule has 2 aliphatic heterocycles. The molecule has 1 atom stereocenters. The van der Waals surface area contributed by atoms with Gasteiger partial charge in [0, 0.05) is 87.5 Å². The van der Waals surface area contributed by atoms with Gasteiger partial charge in [0.25, 0.3) is 11.1 Å². The molecule has 0 saturated carbocycles. The summed E-state index contributed by atoms with van der Waals surface area (Å²) >= 11 is 0. The maximum absolute atomic E-state index is 12.9. The van der Waals surface area contributed by atoms with Crippen molar-refractivity contribution < 1.29 is 32.5 Å². The van der Waals surface area contributed by atoms with E-state index in [0.29, 0.717) is 39.8 Å². The molecule has 17 heteroatoms. The highest BCUT2D eigenvalue weighted by Gasteiger charge is 2.32. The second-order valence-electron chi connectivity index (χ2n) is 14.0. The lowest BCUT2D eigenvalue weighted by Gasteiger charge is -2.33. The number of hydrogen-bond donors (Lipinski definition) is 3. The molecule has 0 amide bonds. The molecule has 306 valence electrons. The minimum Gasteiger partial charge on any atom is -0.504 e. The van der Waals surface area contributed by atoms with Crippen molar-refractivity contribution in [3.05, 3.63) is 111 Å². The van der Waals surface area contributed by atoms with Gasteiger partial charge in [0.15, 0.2) is 23.0 Å². The van der Waals surface area contributed by atoms with Crippen LogP contribution in [0.4, 0.5) is 24.5 Å². The highest BCUT2D eigenvalue weighted by atomic mass is 19.4. The molecular weight excluding hydrogens is 770 g/mol. The zero-order valence-electron chi connectivity index (χ0n) is 32.4. The maximum Gasteiger partial charge on any atom is 0.573 e. The van der Waals surface area contributed by atoms with Crippen LogP contribution >= 0.6 is 0 Å². The van der Waals surface area contributed by atoms with Crippen molar-refractivity contribution in [3.8, 4) is 51.5 Å². The third-order valence-electron chi connectivity index (χ3n) is 10.1. The molecule has 0 spiro atoms. The molecule has 6 heterocycles. The summed E-state index contributed by atoms with van der Waals surface area (Å²) in [7, 11) is 3.12. The molecule has 2 aliphatic rings. The molecule has 0 aliphatic carbocycles. The van der Waals surface area contributed by atoms with E-state index in [0.717, 1.165) is 74.9 Å². The Hall–Kier alpha value is -6.77. The van der Waals surface area contributed by atoms with Crippen LogP contribution in [0.5, 0.6) is 23.0 Å². The summed E-state index contributed by atoms with van der Waals surface area (Å²) in [5, 5.41) is 26.2. The maximum atomic E-state index is 12.9. The standard InChI is InChI=1S/C22H22N4O3.C20H19F3N4O3/c1-28-20-6-3-15(11-21(20)29-2)17-12-22(27)26-14-16(25-9-7-24-8-10-25)4-5-19(26)18(17)13-23;1-12-10-26(7-6-24-12)14-3-5-18-25-15(9-19(29)27(18)11-14)13-2-4-16(28)17(8-13)30-20(21,22)23/h3-6,11-12,14,24H,7-10H2,1-2H3;2-5,8-9,11-12,24,28H,6-7,10H2,1H3/t;12-/m.0/s1. The number of nitriles is 1. The smallest absolute Gasteiger partial charge is 0.504 e. The van der Waals surface area contributed by atoms with Gasteiger partial charge < -0.3 is 39.8 Å². The van der Waals surface area contributed by atoms with E-state index in [9.17, 15) is 33.1 Å². The average Bonchev–Trinajstić information content (AvgIpc) is 3.24. The predicted octanol–water partition coefficient (Wildman–Crippen LogP) is 5.03. The number of pyridine rings is 3. The Balaban J connectivity index is 0.000000179. The quantitative estimate of drug-likeness (QED) is 0.198. The molecule has 0 radical (unpaired) electrons. The van der Waals surface area contributed by atoms with Gasteiger partial charge in [0.2, 0.25) is 0 Å². The second kappa shape index (κ2) is 17.0. The van der Waals surface area contributed by atoms with Crippen molar-refractivity contribution in [1.82, 2.24) is 24.4 Å². The minimum absolute atomic E-state index is 0.176. The number of hydrogen-bond acceptors (Lipinski definition) is 12. The summed E-state index contributed by atoms with van der Waals surface area (Å²) in [5.74, 6) is -0.287. The van der Waals surface area contributed by atoms with Crippen LogP contribution in [0.15, 0.2) is 94.8 Å². The summed E-state index contributed by atoms with van der Waals surface area (Å²) in [4.78, 5) is 34.4. The van der Waals surface area contributed by atoms with E-state index in [1.165, 1.54) is 22.6 Å². The lowest BCUT2D eigenvalue weighted by Crippen LogP contribution is -2.49. The molecular formula is C42H41F3N8O6. The average molecular weight is 811 g/mol. The number of anilines is 2. The second-order valence-corrected chi connectivity index (χ2v) is 14.0. The zero-order chi connectivity index (χ0) is 41.8. The van der Waals surface area contributed by atoms with E-state index in [-0.39, 0.29) is 22.4 Å². The van der Waals surface area contributed by atoms with Gasteiger partial charge in [-0.2, -0.15) is 5.26 Å². The third kappa shape index (κ3) is 8.88. The van der Waals surface area contributed by atoms with E-state index in [4.69, 9.17) is 9.47 Å². The molecule has 0 unspecified atom stereocenters. The van der Waals surface area contributed by atoms with Gasteiger partial charge in [0.1, 0.15) is 11.7 Å². The molecule has 14 nitrogen and oxygen atoms in total. The molecule has 2 fully saturated rings. The fraction of sp³-hybridized carbons (Fsp3) is 0.286. The number of nitrogens with zero attached hydrogens (tertiary/aromatic N) is 6. The molecule has 2 saturated heterocycles. The lowest BCUT2D eigenvalue weighted by atomic mass is 9.99. The van der Waals surface area contributed by atoms with Gasteiger partial charge in [-0.05, 0) is 67.1 Å². The Labute approximate surface area is 336 Å². The van der Waals surface area contributed by atoms with Crippen molar-refractivity contribution >= 4 is 22.5 Å². The highest BCUT2D eigenvalue weighted by Crippen LogP contribution is 2.36. The molecule has 8 rings (SSSR count). The number of ether oxygens (including phenoxy) is 3. The first-order valence-electron chi connectivity index (χ1n) is 18.7. The number of phenolic OH excluding ortho intramolecular Hbond substituents is 1. The minimum atomic E-state index is -4.95. The van der Waals surface area contributed by atoms with Crippen molar-refractivity contribution in [2.75, 3.05) is 69.8 Å². The Morgan fingerprint density at radius 2 is 1.46 bits per heavy atom. The first-order valence-corrected chi connectivity index (χ1v) is 18.7. The van der Waals surface area contributed by atoms with Crippen LogP contribution in [-0.2, 0) is 0 Å². The molecule has 6 aromatic rings. The van der Waals surface area contributed by atoms with Crippen LogP contribution in [0.25, 0.3) is 33.5 Å². The normalized spacial score (nSPS) is 15.6. The van der Waals surface area contributed by atoms with Gasteiger partial charge >= 0.3 is 6.36 Å². The Bertz CT molecular complexity index is 2670. The SMILES string of the molecule is COc1ccc(-c2cc(=O)n3cc(N4CCNCC4)ccc3c2C#N)cc1OC.C[C@H]1CN(c2ccc3nc(-c4ccc(O)c(OC(F)(F)F)c4)cc(=O)n3c2)CCN1. The van der Waals surface area contributed by atoms with Crippen LogP contribution in [0.1, 0.15) is 12.5 Å². The molecule has 59 heavy (non-hydrogen) atoms. The third-order valence-corrected chi connectivity index (χ3v) is 10.1. The first kappa shape index (κ1) is 40.4. The van der Waals surface area contributed by atoms with Crippen LogP contribution in [0, 0.1) is 11.3 Å². The van der Waals surface area contributed by atoms with E-state index in [1.807, 2.05) is 30.5 Å². The van der Waals surface area contributed by atoms with Crippen molar-refractivity contribution in [1.29, 1.82) is 5.26 Å². The van der Waals surface area contributed by atoms with E-state index < -0.39 is 17.9 Å². The number of piperazine rings is 2. The summed E-state index contributed by atoms with van der Waals surface area (Å²) in [6.45, 7) is 8.14. The molecule has 2 aromatic carbocycles. The predicted molar refractivity (Wildman–Crippen MR) is 217 cm³/mol. The van der Waals surface area contributed by atoms with E-state index in [1.54, 1.807) is 43.0 Å². The van der Waals surface area contributed by atoms with Crippen LogP contribution < -0.4 is 45.8 Å². The highest BCUT2D eigenvalue weighted by molar-refractivity contribution is 5.81. The van der Waals surface area contributed by atoms with Gasteiger partial charge in [0.05, 0.1) is 42.4 Å². The Kier molecular flexibility index (Phi) is 11.6. The summed E-state index contributed by atoms with van der Waals surface area (Å²) in [5.41, 5.74) is 4.40. The first-order chi connectivity index (χ1) is 28.3. The van der Waals surface area contributed by atoms with Crippen LogP contribution in [-0.4, -0.2) is 91.3 Å². The van der Waals surface area contributed by atoms with Gasteiger partial charge in [-0.3, -0.25) is 18.4 Å². The topological polar surface area (TPSA) is 158 Å². The largest absolute Gasteiger partial charge is 0.573 e. The molecule has 4 aromatic heterocycles. The van der Waals surface area contributed by atoms with Crippen molar-refractivity contribution in [3.63, 3.8) is 0 Å². The van der Waals surface area contributed by atoms with E-state index in [2.05, 4.69) is 43.1 Å². The molecule has 0 bridgehead atoms. The number of benzene rings is 2. The number of phenols is 1. The van der Waals surface area contributed by atoms with Gasteiger partial charge in [-0.25, -0.2) is 4.98 Å². The lowest BCUT2D eigenvalue weighted by molar-refractivity contribution is -0.275. The number of aromatic hydroxyl groups is 1. The number of rotatable bonds is 7. The number of halogens is 3. The summed E-state index contributed by atoms with van der Waals surface area (Å²) in [6, 6.07) is 21.5. The fourth-order valence-corrected chi connectivity index (χ4v) is 7.21. The Morgan fingerprint density at radius 1 is 0.797 bits per heavy atom. The number of fused-ring (bicyclic) bond motifs is 2. The monoisotopic (exact) mass is 810 g/mol. The Morgan fingerprint density at radius 3 is 2.17 bits per heavy atom. The van der Waals surface area contributed by atoms with E-state index >= 15 is 0 Å². The summed E-state index contributed by atoms with van der Waals surface area (Å²) < 4.78 is 55.0.